The van der Waals surface area contributed by atoms with E-state index in [2.05, 4.69) is 46.1 Å². The predicted molar refractivity (Wildman–Crippen MR) is 87.2 cm³/mol. The Morgan fingerprint density at radius 2 is 1.70 bits per heavy atom. The molecular formula is C17H19N5O. The topological polar surface area (TPSA) is 90.7 Å². The number of benzene rings is 1. The lowest BCUT2D eigenvalue weighted by atomic mass is 10.0. The van der Waals surface area contributed by atoms with Crippen LogP contribution < -0.4 is 5.73 Å². The Kier molecular flexibility index (Phi) is 4.43. The maximum absolute atomic E-state index is 5.53. The van der Waals surface area contributed by atoms with Gasteiger partial charge in [-0.15, -0.1) is 0 Å². The van der Waals surface area contributed by atoms with Gasteiger partial charge in [-0.05, 0) is 30.0 Å². The van der Waals surface area contributed by atoms with Gasteiger partial charge in [-0.1, -0.05) is 31.1 Å². The maximum Gasteiger partial charge on any atom is 0.258 e. The highest BCUT2D eigenvalue weighted by Crippen LogP contribution is 2.21. The lowest BCUT2D eigenvalue weighted by Crippen LogP contribution is -1.99. The fraction of sp³-hybridized carbons (Fsp3) is 0.294. The van der Waals surface area contributed by atoms with Gasteiger partial charge in [0, 0.05) is 30.1 Å². The molecule has 23 heavy (non-hydrogen) atoms. The van der Waals surface area contributed by atoms with E-state index in [1.165, 1.54) is 5.56 Å². The first-order valence-corrected chi connectivity index (χ1v) is 7.60. The zero-order chi connectivity index (χ0) is 16.2. The van der Waals surface area contributed by atoms with Crippen molar-refractivity contribution >= 4 is 0 Å². The molecule has 6 heteroatoms. The summed E-state index contributed by atoms with van der Waals surface area (Å²) in [6.45, 7) is 4.81. The molecule has 0 saturated carbocycles. The lowest BCUT2D eigenvalue weighted by Gasteiger charge is -2.04. The van der Waals surface area contributed by atoms with Crippen molar-refractivity contribution in [3.05, 3.63) is 47.8 Å². The van der Waals surface area contributed by atoms with Crippen molar-refractivity contribution in [1.29, 1.82) is 0 Å². The second-order valence-corrected chi connectivity index (χ2v) is 5.84. The molecule has 0 atom stereocenters. The van der Waals surface area contributed by atoms with Crippen LogP contribution in [0, 0.1) is 5.92 Å². The highest BCUT2D eigenvalue weighted by molar-refractivity contribution is 5.56. The van der Waals surface area contributed by atoms with Gasteiger partial charge in [-0.2, -0.15) is 4.98 Å². The third-order valence-electron chi connectivity index (χ3n) is 3.41. The molecule has 118 valence electrons. The molecule has 0 saturated heterocycles. The van der Waals surface area contributed by atoms with Gasteiger partial charge in [0.2, 0.25) is 11.6 Å². The molecular weight excluding hydrogens is 290 g/mol. The third kappa shape index (κ3) is 3.60. The van der Waals surface area contributed by atoms with E-state index in [9.17, 15) is 0 Å². The van der Waals surface area contributed by atoms with E-state index in [1.807, 2.05) is 12.1 Å². The van der Waals surface area contributed by atoms with E-state index in [0.29, 0.717) is 30.0 Å². The first-order valence-electron chi connectivity index (χ1n) is 7.60. The molecule has 0 aliphatic heterocycles. The van der Waals surface area contributed by atoms with Crippen molar-refractivity contribution in [2.45, 2.75) is 26.8 Å². The smallest absolute Gasteiger partial charge is 0.258 e. The van der Waals surface area contributed by atoms with E-state index >= 15 is 0 Å². The van der Waals surface area contributed by atoms with E-state index in [1.54, 1.807) is 12.4 Å². The summed E-state index contributed by atoms with van der Waals surface area (Å²) in [6, 6.07) is 8.16. The van der Waals surface area contributed by atoms with E-state index in [-0.39, 0.29) is 0 Å². The zero-order valence-corrected chi connectivity index (χ0v) is 13.2. The Labute approximate surface area is 134 Å². The molecule has 0 bridgehead atoms. The molecule has 3 rings (SSSR count). The van der Waals surface area contributed by atoms with Gasteiger partial charge in [0.25, 0.3) is 5.89 Å². The van der Waals surface area contributed by atoms with E-state index in [4.69, 9.17) is 10.3 Å². The highest BCUT2D eigenvalue weighted by atomic mass is 16.5. The fourth-order valence-electron chi connectivity index (χ4n) is 2.26. The molecule has 0 aliphatic rings. The molecule has 0 fully saturated rings. The minimum absolute atomic E-state index is 0.370. The summed E-state index contributed by atoms with van der Waals surface area (Å²) in [4.78, 5) is 12.8. The number of hydrogen-bond donors (Lipinski definition) is 1. The Morgan fingerprint density at radius 3 is 2.30 bits per heavy atom. The van der Waals surface area contributed by atoms with Gasteiger partial charge in [-0.3, -0.25) is 0 Å². The molecule has 0 radical (unpaired) electrons. The minimum Gasteiger partial charge on any atom is -0.334 e. The van der Waals surface area contributed by atoms with Crippen LogP contribution >= 0.6 is 0 Å². The van der Waals surface area contributed by atoms with Gasteiger partial charge < -0.3 is 10.3 Å². The molecule has 2 heterocycles. The molecule has 0 spiro atoms. The second kappa shape index (κ2) is 6.66. The van der Waals surface area contributed by atoms with Crippen molar-refractivity contribution < 1.29 is 4.52 Å². The average Bonchev–Trinajstić information content (AvgIpc) is 3.05. The monoisotopic (exact) mass is 309 g/mol. The minimum atomic E-state index is 0.370. The normalized spacial score (nSPS) is 11.1. The second-order valence-electron chi connectivity index (χ2n) is 5.84. The number of rotatable bonds is 5. The number of nitrogens with zero attached hydrogens (tertiary/aromatic N) is 4. The summed E-state index contributed by atoms with van der Waals surface area (Å²) in [5.74, 6) is 1.88. The van der Waals surface area contributed by atoms with Crippen LogP contribution in [0.25, 0.3) is 23.1 Å². The standard InChI is InChI=1S/C17H19N5O/c1-11(2)7-12-3-5-14(6-4-12)17-21-16(22-23-17)15-19-9-13(8-18)10-20-15/h3-6,9-11H,7-8,18H2,1-2H3. The first-order chi connectivity index (χ1) is 11.2. The van der Waals surface area contributed by atoms with Crippen molar-refractivity contribution in [3.63, 3.8) is 0 Å². The van der Waals surface area contributed by atoms with Crippen LogP contribution in [0.2, 0.25) is 0 Å². The SMILES string of the molecule is CC(C)Cc1ccc(-c2nc(-c3ncc(CN)cn3)no2)cc1. The van der Waals surface area contributed by atoms with Gasteiger partial charge >= 0.3 is 0 Å². The Morgan fingerprint density at radius 1 is 1.00 bits per heavy atom. The lowest BCUT2D eigenvalue weighted by molar-refractivity contribution is 0.432. The summed E-state index contributed by atoms with van der Waals surface area (Å²) in [6.07, 6.45) is 4.38. The summed E-state index contributed by atoms with van der Waals surface area (Å²) in [7, 11) is 0. The van der Waals surface area contributed by atoms with Gasteiger partial charge in [0.15, 0.2) is 0 Å². The summed E-state index contributed by atoms with van der Waals surface area (Å²) >= 11 is 0. The molecule has 2 N–H and O–H groups in total. The molecule has 0 amide bonds. The van der Waals surface area contributed by atoms with Crippen LogP contribution in [0.3, 0.4) is 0 Å². The summed E-state index contributed by atoms with van der Waals surface area (Å²) < 4.78 is 5.32. The predicted octanol–water partition coefficient (Wildman–Crippen LogP) is 2.85. The van der Waals surface area contributed by atoms with Gasteiger partial charge in [0.05, 0.1) is 0 Å². The average molecular weight is 309 g/mol. The van der Waals surface area contributed by atoms with Crippen molar-refractivity contribution in [2.75, 3.05) is 0 Å². The molecule has 0 unspecified atom stereocenters. The molecule has 2 aromatic heterocycles. The zero-order valence-electron chi connectivity index (χ0n) is 13.2. The van der Waals surface area contributed by atoms with Crippen LogP contribution in [-0.2, 0) is 13.0 Å². The first kappa shape index (κ1) is 15.3. The number of aromatic nitrogens is 4. The van der Waals surface area contributed by atoms with Crippen LogP contribution in [0.4, 0.5) is 0 Å². The van der Waals surface area contributed by atoms with Gasteiger partial charge in [0.1, 0.15) is 0 Å². The third-order valence-corrected chi connectivity index (χ3v) is 3.41. The Bertz CT molecular complexity index is 762. The van der Waals surface area contributed by atoms with Crippen molar-refractivity contribution in [1.82, 2.24) is 20.1 Å². The van der Waals surface area contributed by atoms with E-state index < -0.39 is 0 Å². The quantitative estimate of drug-likeness (QED) is 0.779. The number of nitrogens with two attached hydrogens (primary N) is 1. The summed E-state index contributed by atoms with van der Waals surface area (Å²) in [5, 5.41) is 3.95. The fourth-order valence-corrected chi connectivity index (χ4v) is 2.26. The largest absolute Gasteiger partial charge is 0.334 e. The molecule has 1 aromatic carbocycles. The Hall–Kier alpha value is -2.60. The number of hydrogen-bond acceptors (Lipinski definition) is 6. The van der Waals surface area contributed by atoms with Crippen molar-refractivity contribution in [3.8, 4) is 23.1 Å². The highest BCUT2D eigenvalue weighted by Gasteiger charge is 2.12. The van der Waals surface area contributed by atoms with Crippen LogP contribution in [0.1, 0.15) is 25.0 Å². The molecule has 0 aliphatic carbocycles. The van der Waals surface area contributed by atoms with E-state index in [0.717, 1.165) is 17.5 Å². The van der Waals surface area contributed by atoms with Gasteiger partial charge in [-0.25, -0.2) is 9.97 Å². The van der Waals surface area contributed by atoms with Crippen LogP contribution in [0.15, 0.2) is 41.2 Å². The van der Waals surface area contributed by atoms with Crippen LogP contribution in [-0.4, -0.2) is 20.1 Å². The Balaban J connectivity index is 1.80. The van der Waals surface area contributed by atoms with Crippen LogP contribution in [0.5, 0.6) is 0 Å². The van der Waals surface area contributed by atoms with Crippen molar-refractivity contribution in [2.24, 2.45) is 11.7 Å². The summed E-state index contributed by atoms with van der Waals surface area (Å²) in [5.41, 5.74) is 8.57. The maximum atomic E-state index is 5.53. The molecule has 3 aromatic rings. The molecule has 6 nitrogen and oxygen atoms in total.